The van der Waals surface area contributed by atoms with Gasteiger partial charge in [-0.2, -0.15) is 25.9 Å². The van der Waals surface area contributed by atoms with Crippen molar-refractivity contribution in [1.29, 1.82) is 0 Å². The summed E-state index contributed by atoms with van der Waals surface area (Å²) in [4.78, 5) is 110. The molecule has 17 N–H and O–H groups in total. The van der Waals surface area contributed by atoms with Crippen molar-refractivity contribution in [2.45, 2.75) is 49.1 Å². The van der Waals surface area contributed by atoms with Gasteiger partial charge >= 0.3 is 62.5 Å². The van der Waals surface area contributed by atoms with Gasteiger partial charge in [0.1, 0.15) is 66.6 Å². The molecule has 2 saturated heterocycles. The van der Waals surface area contributed by atoms with Crippen LogP contribution in [0.15, 0.2) is 44.0 Å². The van der Waals surface area contributed by atoms with E-state index in [1.54, 1.807) is 0 Å². The van der Waals surface area contributed by atoms with Gasteiger partial charge in [-0.1, -0.05) is 0 Å². The molecule has 5 aromatic rings. The molecule has 51 heteroatoms. The van der Waals surface area contributed by atoms with Crippen molar-refractivity contribution in [2.75, 3.05) is 24.7 Å². The second-order valence-electron chi connectivity index (χ2n) is 14.1. The van der Waals surface area contributed by atoms with E-state index in [1.807, 2.05) is 0 Å². The lowest BCUT2D eigenvalue weighted by molar-refractivity contribution is -0.0503. The van der Waals surface area contributed by atoms with Crippen LogP contribution in [-0.4, -0.2) is 163 Å². The Morgan fingerprint density at radius 1 is 0.500 bits per heavy atom. The molecule has 7 rings (SSSR count). The van der Waals surface area contributed by atoms with E-state index in [2.05, 4.69) is 69.8 Å². The highest BCUT2D eigenvalue weighted by Gasteiger charge is 2.50. The number of nitrogens with two attached hydrogens (primary N) is 2. The number of aromatic nitrogens is 10. The molecule has 0 amide bonds. The van der Waals surface area contributed by atoms with Crippen molar-refractivity contribution in [3.63, 3.8) is 0 Å². The Kier molecular flexibility index (Phi) is 18.1. The highest BCUT2D eigenvalue weighted by Crippen LogP contribution is 2.72. The third kappa shape index (κ3) is 15.3. The van der Waals surface area contributed by atoms with Crippen molar-refractivity contribution in [3.05, 3.63) is 44.0 Å². The molecule has 7 unspecified atom stereocenters. The Morgan fingerprint density at radius 2 is 0.878 bits per heavy atom. The summed E-state index contributed by atoms with van der Waals surface area (Å²) in [6, 6.07) is 0. The van der Waals surface area contributed by atoms with E-state index in [9.17, 15) is 86.3 Å². The minimum absolute atomic E-state index is 0.00862. The first-order chi connectivity index (χ1) is 33.9. The number of ether oxygens (including phenoxy) is 2. The van der Waals surface area contributed by atoms with Crippen molar-refractivity contribution in [3.8, 4) is 0 Å². The van der Waals surface area contributed by atoms with Gasteiger partial charge < -0.3 is 85.4 Å². The van der Waals surface area contributed by atoms with Crippen LogP contribution >= 0.6 is 62.5 Å². The van der Waals surface area contributed by atoms with Gasteiger partial charge in [0.05, 0.1) is 25.9 Å². The van der Waals surface area contributed by atoms with Crippen LogP contribution in [0.2, 0.25) is 0 Å². The zero-order valence-corrected chi connectivity index (χ0v) is 42.6. The summed E-state index contributed by atoms with van der Waals surface area (Å²) < 4.78 is 138. The summed E-state index contributed by atoms with van der Waals surface area (Å²) in [5, 5.41) is 41.2. The number of aliphatic hydroxyl groups is 4. The lowest BCUT2D eigenvalue weighted by atomic mass is 10.1. The van der Waals surface area contributed by atoms with Crippen molar-refractivity contribution in [1.82, 2.24) is 48.4 Å². The van der Waals surface area contributed by atoms with E-state index >= 15 is 0 Å². The fourth-order valence-electron chi connectivity index (χ4n) is 5.98. The Labute approximate surface area is 407 Å². The third-order valence-corrected chi connectivity index (χ3v) is 20.6. The van der Waals surface area contributed by atoms with Crippen molar-refractivity contribution in [2.24, 2.45) is 0 Å². The normalized spacial score (nSPS) is 28.2. The number of rotatable bonds is 21. The minimum atomic E-state index is -6.00. The lowest BCUT2D eigenvalue weighted by Gasteiger charge is -2.21. The maximum atomic E-state index is 12.2. The van der Waals surface area contributed by atoms with Crippen LogP contribution in [0.3, 0.4) is 0 Å². The second kappa shape index (κ2) is 22.3. The van der Waals surface area contributed by atoms with Crippen LogP contribution in [0.1, 0.15) is 12.5 Å². The van der Waals surface area contributed by atoms with E-state index in [4.69, 9.17) is 35.6 Å². The maximum absolute atomic E-state index is 12.2. The largest absolute Gasteiger partial charge is 0.490 e. The summed E-state index contributed by atoms with van der Waals surface area (Å²) in [7, 11) is -46.0. The average Bonchev–Trinajstić information content (AvgIpc) is 4.08. The molecule has 0 aromatic carbocycles. The fraction of sp³-hybridized carbons (Fsp3) is 0.435. The first-order valence-electron chi connectivity index (χ1n) is 18.7. The Bertz CT molecular complexity index is 3230. The highest BCUT2D eigenvalue weighted by atomic mass is 31.3. The van der Waals surface area contributed by atoms with E-state index in [0.29, 0.717) is 10.7 Å². The number of nitrogens with zero attached hydrogens (tertiary/aromatic N) is 10. The van der Waals surface area contributed by atoms with Gasteiger partial charge in [-0.05, 0) is 0 Å². The van der Waals surface area contributed by atoms with Crippen molar-refractivity contribution < 1.29 is 145 Å². The molecular weight excluding hydrogens is 1190 g/mol. The van der Waals surface area contributed by atoms with Gasteiger partial charge in [-0.3, -0.25) is 18.2 Å². The summed E-state index contributed by atoms with van der Waals surface area (Å²) >= 11 is 0. The third-order valence-electron chi connectivity index (χ3n) is 8.83. The number of anilines is 2. The molecular formula is C23H36N12O31P8. The molecule has 74 heavy (non-hydrogen) atoms. The zero-order chi connectivity index (χ0) is 55.2. The monoisotopic (exact) mass is 1220 g/mol. The molecule has 0 aliphatic carbocycles. The molecule has 7 heterocycles. The maximum Gasteiger partial charge on any atom is 0.490 e. The topological polar surface area (TPSA) is 649 Å². The number of fused-ring (bicyclic) bond motifs is 2. The number of phosphoric ester groups is 2. The molecule has 43 nitrogen and oxygen atoms in total. The van der Waals surface area contributed by atoms with E-state index in [-0.39, 0.29) is 34.0 Å². The SMILES string of the molecule is Nc1ncnc2c1ncn2[C@@H]1O[C@H](COP(=O)(O)OP(=O)(O)OP(=O)(O)OP(=O)(O)O)[C@@H](O)[C@H]1O.Nc1ncnc2c1ncn2[C@@H]1O[C@H](COP(=O)(O)OP(=O)(O)OP(=O)(O)OP(=O)(O)n2ccnc2)[C@@H](O)[C@H]1O. The average molecular weight is 1220 g/mol. The van der Waals surface area contributed by atoms with Crippen LogP contribution in [0.5, 0.6) is 0 Å². The molecule has 5 aromatic heterocycles. The van der Waals surface area contributed by atoms with Gasteiger partial charge in [0.2, 0.25) is 0 Å². The van der Waals surface area contributed by atoms with Crippen LogP contribution < -0.4 is 11.5 Å². The number of hydrogen-bond acceptors (Lipinski definition) is 31. The number of nitrogen functional groups attached to an aromatic ring is 2. The van der Waals surface area contributed by atoms with Crippen LogP contribution in [0.25, 0.3) is 22.3 Å². The van der Waals surface area contributed by atoms with Gasteiger partial charge in [0, 0.05) is 12.4 Å². The molecule has 0 radical (unpaired) electrons. The number of hydrogen-bond donors (Lipinski definition) is 15. The summed E-state index contributed by atoms with van der Waals surface area (Å²) in [5.41, 5.74) is 11.9. The summed E-state index contributed by atoms with van der Waals surface area (Å²) in [5.74, 6) is 0.0244. The van der Waals surface area contributed by atoms with Crippen LogP contribution in [0.4, 0.5) is 11.6 Å². The highest BCUT2D eigenvalue weighted by molar-refractivity contribution is 7.70. The molecule has 2 aliphatic heterocycles. The number of aliphatic hydroxyl groups excluding tert-OH is 4. The van der Waals surface area contributed by atoms with E-state index in [1.165, 1.54) is 15.5 Å². The van der Waals surface area contributed by atoms with E-state index < -0.39 is 125 Å². The summed E-state index contributed by atoms with van der Waals surface area (Å²) in [6.45, 7) is -2.09. The predicted octanol–water partition coefficient (Wildman–Crippen LogP) is -2.27. The van der Waals surface area contributed by atoms with E-state index in [0.717, 1.165) is 31.4 Å². The van der Waals surface area contributed by atoms with Gasteiger partial charge in [-0.15, -0.1) is 0 Å². The van der Waals surface area contributed by atoms with Gasteiger partial charge in [0.25, 0.3) is 0 Å². The smallest absolute Gasteiger partial charge is 0.387 e. The lowest BCUT2D eigenvalue weighted by Crippen LogP contribution is -2.33. The number of imidazole rings is 3. The Balaban J connectivity index is 0.000000242. The Hall–Kier alpha value is -3.17. The molecule has 0 saturated carbocycles. The first kappa shape index (κ1) is 60.1. The molecule has 414 valence electrons. The summed E-state index contributed by atoms with van der Waals surface area (Å²) in [6.07, 6.45) is -5.47. The first-order valence-corrected chi connectivity index (χ1v) is 30.7. The van der Waals surface area contributed by atoms with Crippen LogP contribution in [-0.2, 0) is 80.9 Å². The molecule has 2 aliphatic rings. The Morgan fingerprint density at radius 3 is 1.26 bits per heavy atom. The number of phosphoric acid groups is 7. The van der Waals surface area contributed by atoms with Gasteiger partial charge in [-0.25, -0.2) is 75.7 Å². The van der Waals surface area contributed by atoms with Crippen LogP contribution in [0, 0.1) is 0 Å². The molecule has 0 bridgehead atoms. The zero-order valence-electron chi connectivity index (χ0n) is 35.4. The standard InChI is InChI=1S/C13H19N7O15P4.C10H17N5O16P4/c14-11-8-12(17-4-16-11)20(6-18-8)13-10(22)9(21)7(32-13)3-31-37(25,26)34-39(29,30)35-38(27,28)33-36(23,24)19-2-1-15-5-19;11-8-5-9(13-2-12-8)15(3-14-5)10-7(17)6(16)4(28-10)1-27-33(21,22)30-35(25,26)31-34(23,24)29-32(18,19)20/h1-2,4-7,9-10,13,21-22H,3H2,(H,23,24)(H,25,26)(H,27,28)(H,29,30)(H2,14,16,17);2-4,6-7,10,16-17H,1H2,(H,21,22)(H,23,24)(H,25,26)(H2,11,12,13)(H2,18,19,20)/t7-,9-,10-,13-;4-,6-,7-,10-/m11/s1. The minimum Gasteiger partial charge on any atom is -0.387 e. The molecule has 15 atom stereocenters. The molecule has 2 fully saturated rings. The predicted molar refractivity (Wildman–Crippen MR) is 228 cm³/mol. The van der Waals surface area contributed by atoms with Gasteiger partial charge in [0.15, 0.2) is 35.4 Å². The van der Waals surface area contributed by atoms with Crippen molar-refractivity contribution >= 4 is 96.5 Å². The molecule has 0 spiro atoms. The fourth-order valence-corrected chi connectivity index (χ4v) is 15.7. The second-order valence-corrected chi connectivity index (χ2v) is 26.6. The quantitative estimate of drug-likeness (QED) is 0.0344.